The fourth-order valence-corrected chi connectivity index (χ4v) is 2.57. The Kier molecular flexibility index (Phi) is 5.45. The monoisotopic (exact) mass is 317 g/mol. The summed E-state index contributed by atoms with van der Waals surface area (Å²) in [5.74, 6) is 0.339. The molecule has 0 aliphatic carbocycles. The van der Waals surface area contributed by atoms with Crippen molar-refractivity contribution in [3.63, 3.8) is 0 Å². The molecule has 1 amide bonds. The van der Waals surface area contributed by atoms with Crippen molar-refractivity contribution in [3.8, 4) is 5.75 Å². The maximum atomic E-state index is 12.0. The van der Waals surface area contributed by atoms with Crippen molar-refractivity contribution in [2.24, 2.45) is 0 Å². The smallest absolute Gasteiger partial charge is 0.258 e. The van der Waals surface area contributed by atoms with Crippen LogP contribution >= 0.6 is 11.6 Å². The van der Waals surface area contributed by atoms with Crippen LogP contribution in [-0.4, -0.2) is 12.5 Å². The average Bonchev–Trinajstić information content (AvgIpc) is 2.46. The highest BCUT2D eigenvalue weighted by atomic mass is 35.5. The molecule has 1 unspecified atom stereocenters. The third-order valence-corrected chi connectivity index (χ3v) is 3.78. The summed E-state index contributed by atoms with van der Waals surface area (Å²) in [5.41, 5.74) is 3.48. The first-order valence-corrected chi connectivity index (χ1v) is 7.59. The lowest BCUT2D eigenvalue weighted by molar-refractivity contribution is -0.123. The Hall–Kier alpha value is -2.00. The highest BCUT2D eigenvalue weighted by Gasteiger charge is 2.12. The second kappa shape index (κ2) is 7.32. The predicted molar refractivity (Wildman–Crippen MR) is 89.4 cm³/mol. The number of aryl methyl sites for hydroxylation is 2. The van der Waals surface area contributed by atoms with Gasteiger partial charge in [0.05, 0.1) is 11.1 Å². The molecule has 1 N–H and O–H groups in total. The lowest BCUT2D eigenvalue weighted by Crippen LogP contribution is -2.31. The van der Waals surface area contributed by atoms with E-state index in [1.54, 1.807) is 12.1 Å². The van der Waals surface area contributed by atoms with E-state index in [-0.39, 0.29) is 18.6 Å². The van der Waals surface area contributed by atoms with Crippen LogP contribution in [0.25, 0.3) is 0 Å². The van der Waals surface area contributed by atoms with Gasteiger partial charge in [-0.3, -0.25) is 4.79 Å². The van der Waals surface area contributed by atoms with Gasteiger partial charge in [0, 0.05) is 0 Å². The highest BCUT2D eigenvalue weighted by molar-refractivity contribution is 6.32. The minimum absolute atomic E-state index is 0.0566. The fraction of sp³-hybridized carbons (Fsp3) is 0.278. The quantitative estimate of drug-likeness (QED) is 0.897. The number of carbonyl (C=O) groups is 1. The molecule has 0 saturated heterocycles. The maximum Gasteiger partial charge on any atom is 0.258 e. The largest absolute Gasteiger partial charge is 0.482 e. The third kappa shape index (κ3) is 4.25. The van der Waals surface area contributed by atoms with Crippen molar-refractivity contribution in [1.29, 1.82) is 0 Å². The van der Waals surface area contributed by atoms with Crippen LogP contribution in [0.5, 0.6) is 5.75 Å². The molecule has 3 nitrogen and oxygen atoms in total. The van der Waals surface area contributed by atoms with E-state index in [4.69, 9.17) is 16.3 Å². The lowest BCUT2D eigenvalue weighted by Gasteiger charge is -2.17. The van der Waals surface area contributed by atoms with Gasteiger partial charge in [-0.05, 0) is 44.0 Å². The van der Waals surface area contributed by atoms with Crippen molar-refractivity contribution < 1.29 is 9.53 Å². The summed E-state index contributed by atoms with van der Waals surface area (Å²) in [7, 11) is 0. The second-order valence-corrected chi connectivity index (χ2v) is 5.78. The first-order valence-electron chi connectivity index (χ1n) is 7.21. The molecule has 2 aromatic rings. The SMILES string of the molecule is Cc1ccc(C(C)NC(=O)COc2ccccc2Cl)c(C)c1. The van der Waals surface area contributed by atoms with Gasteiger partial charge in [-0.1, -0.05) is 47.5 Å². The number of para-hydroxylation sites is 1. The van der Waals surface area contributed by atoms with E-state index >= 15 is 0 Å². The van der Waals surface area contributed by atoms with E-state index in [9.17, 15) is 4.79 Å². The van der Waals surface area contributed by atoms with Crippen LogP contribution in [-0.2, 0) is 4.79 Å². The van der Waals surface area contributed by atoms with Gasteiger partial charge in [-0.2, -0.15) is 0 Å². The van der Waals surface area contributed by atoms with Crippen LogP contribution in [0.1, 0.15) is 29.7 Å². The Morgan fingerprint density at radius 3 is 2.64 bits per heavy atom. The zero-order valence-electron chi connectivity index (χ0n) is 13.0. The molecule has 116 valence electrons. The normalized spacial score (nSPS) is 11.8. The van der Waals surface area contributed by atoms with E-state index in [1.165, 1.54) is 11.1 Å². The average molecular weight is 318 g/mol. The van der Waals surface area contributed by atoms with Crippen LogP contribution in [0.15, 0.2) is 42.5 Å². The molecule has 4 heteroatoms. The zero-order valence-corrected chi connectivity index (χ0v) is 13.8. The molecule has 0 aliphatic rings. The second-order valence-electron chi connectivity index (χ2n) is 5.37. The molecule has 2 aromatic carbocycles. The van der Waals surface area contributed by atoms with Crippen LogP contribution in [0, 0.1) is 13.8 Å². The van der Waals surface area contributed by atoms with Crippen molar-refractivity contribution in [2.45, 2.75) is 26.8 Å². The van der Waals surface area contributed by atoms with Crippen molar-refractivity contribution in [2.75, 3.05) is 6.61 Å². The van der Waals surface area contributed by atoms with Crippen molar-refractivity contribution >= 4 is 17.5 Å². The number of carbonyl (C=O) groups excluding carboxylic acids is 1. The van der Waals surface area contributed by atoms with Gasteiger partial charge < -0.3 is 10.1 Å². The van der Waals surface area contributed by atoms with Gasteiger partial charge in [-0.15, -0.1) is 0 Å². The van der Waals surface area contributed by atoms with Crippen LogP contribution < -0.4 is 10.1 Å². The van der Waals surface area contributed by atoms with Crippen LogP contribution in [0.2, 0.25) is 5.02 Å². The Bertz CT molecular complexity index is 670. The number of nitrogens with one attached hydrogen (secondary N) is 1. The highest BCUT2D eigenvalue weighted by Crippen LogP contribution is 2.23. The fourth-order valence-electron chi connectivity index (χ4n) is 2.38. The van der Waals surface area contributed by atoms with E-state index in [0.29, 0.717) is 10.8 Å². The number of ether oxygens (including phenoxy) is 1. The minimum atomic E-state index is -0.174. The minimum Gasteiger partial charge on any atom is -0.482 e. The molecule has 0 aliphatic heterocycles. The van der Waals surface area contributed by atoms with E-state index < -0.39 is 0 Å². The molecule has 0 aromatic heterocycles. The molecular weight excluding hydrogens is 298 g/mol. The van der Waals surface area contributed by atoms with Gasteiger partial charge in [0.25, 0.3) is 5.91 Å². The first kappa shape index (κ1) is 16.4. The molecule has 0 fully saturated rings. The topological polar surface area (TPSA) is 38.3 Å². The summed E-state index contributed by atoms with van der Waals surface area (Å²) in [5, 5.41) is 3.44. The van der Waals surface area contributed by atoms with Gasteiger partial charge in [-0.25, -0.2) is 0 Å². The number of hydrogen-bond donors (Lipinski definition) is 1. The van der Waals surface area contributed by atoms with Gasteiger partial charge in [0.2, 0.25) is 0 Å². The maximum absolute atomic E-state index is 12.0. The Morgan fingerprint density at radius 1 is 1.23 bits per heavy atom. The molecule has 1 atom stereocenters. The van der Waals surface area contributed by atoms with Crippen molar-refractivity contribution in [1.82, 2.24) is 5.32 Å². The Labute approximate surface area is 136 Å². The van der Waals surface area contributed by atoms with E-state index in [0.717, 1.165) is 5.56 Å². The summed E-state index contributed by atoms with van der Waals surface area (Å²) in [4.78, 5) is 12.0. The number of rotatable bonds is 5. The molecule has 0 saturated carbocycles. The summed E-state index contributed by atoms with van der Waals surface area (Å²) in [6.45, 7) is 6.01. The Morgan fingerprint density at radius 2 is 1.95 bits per heavy atom. The van der Waals surface area contributed by atoms with Gasteiger partial charge >= 0.3 is 0 Å². The Balaban J connectivity index is 1.93. The van der Waals surface area contributed by atoms with Crippen LogP contribution in [0.4, 0.5) is 0 Å². The van der Waals surface area contributed by atoms with Gasteiger partial charge in [0.1, 0.15) is 5.75 Å². The molecular formula is C18H20ClNO2. The molecule has 0 bridgehead atoms. The standard InChI is InChI=1S/C18H20ClNO2/c1-12-8-9-15(13(2)10-12)14(3)20-18(21)11-22-17-7-5-4-6-16(17)19/h4-10,14H,11H2,1-3H3,(H,20,21). The molecule has 2 rings (SSSR count). The van der Waals surface area contributed by atoms with E-state index in [1.807, 2.05) is 38.1 Å². The zero-order chi connectivity index (χ0) is 16.1. The number of benzene rings is 2. The summed E-state index contributed by atoms with van der Waals surface area (Å²) in [6.07, 6.45) is 0. The van der Waals surface area contributed by atoms with Gasteiger partial charge in [0.15, 0.2) is 6.61 Å². The first-order chi connectivity index (χ1) is 10.5. The number of halogens is 1. The predicted octanol–water partition coefficient (Wildman–Crippen LogP) is 4.21. The summed E-state index contributed by atoms with van der Waals surface area (Å²) >= 11 is 5.99. The summed E-state index contributed by atoms with van der Waals surface area (Å²) in [6, 6.07) is 13.2. The van der Waals surface area contributed by atoms with Crippen molar-refractivity contribution in [3.05, 3.63) is 64.2 Å². The summed E-state index contributed by atoms with van der Waals surface area (Å²) < 4.78 is 5.44. The lowest BCUT2D eigenvalue weighted by atomic mass is 10.0. The molecule has 0 radical (unpaired) electrons. The molecule has 22 heavy (non-hydrogen) atoms. The molecule has 0 spiro atoms. The molecule has 0 heterocycles. The number of amides is 1. The third-order valence-electron chi connectivity index (χ3n) is 3.46. The van der Waals surface area contributed by atoms with Crippen LogP contribution in [0.3, 0.4) is 0 Å². The van der Waals surface area contributed by atoms with E-state index in [2.05, 4.69) is 18.3 Å². The number of hydrogen-bond acceptors (Lipinski definition) is 2.